The van der Waals surface area contributed by atoms with E-state index in [1.807, 2.05) is 12.1 Å². The lowest BCUT2D eigenvalue weighted by Crippen LogP contribution is -2.23. The van der Waals surface area contributed by atoms with Gasteiger partial charge in [0.15, 0.2) is 0 Å². The fraction of sp³-hybridized carbons (Fsp3) is 0.647. The highest BCUT2D eigenvalue weighted by Crippen LogP contribution is 2.23. The average molecular weight is 261 g/mol. The maximum Gasteiger partial charge on any atom is 0.0802 e. The largest absolute Gasteiger partial charge is 0.388 e. The van der Waals surface area contributed by atoms with Crippen LogP contribution in [0, 0.1) is 12.8 Å². The van der Waals surface area contributed by atoms with Crippen molar-refractivity contribution < 1.29 is 5.11 Å². The van der Waals surface area contributed by atoms with Gasteiger partial charge in [-0.25, -0.2) is 0 Å². The third kappa shape index (κ3) is 4.32. The monoisotopic (exact) mass is 261 g/mol. The molecule has 1 heterocycles. The van der Waals surface area contributed by atoms with Crippen molar-refractivity contribution in [1.29, 1.82) is 0 Å². The molecule has 2 atom stereocenters. The summed E-state index contributed by atoms with van der Waals surface area (Å²) in [6, 6.07) is 8.23. The number of aliphatic hydroxyl groups excluding tert-OH is 1. The molecule has 1 aliphatic rings. The quantitative estimate of drug-likeness (QED) is 0.846. The fourth-order valence-corrected chi connectivity index (χ4v) is 3.11. The smallest absolute Gasteiger partial charge is 0.0802 e. The highest BCUT2D eigenvalue weighted by molar-refractivity contribution is 5.23. The zero-order valence-corrected chi connectivity index (χ0v) is 12.3. The number of aryl methyl sites for hydroxylation is 1. The predicted octanol–water partition coefficient (Wildman–Crippen LogP) is 3.54. The number of hydrogen-bond acceptors (Lipinski definition) is 2. The first-order valence-corrected chi connectivity index (χ1v) is 7.66. The SMILES string of the molecule is CCCC1CCN(CCC(O)c2cccc(C)c2)C1. The Balaban J connectivity index is 1.76. The number of rotatable bonds is 6. The third-order valence-corrected chi connectivity index (χ3v) is 4.21. The molecule has 19 heavy (non-hydrogen) atoms. The van der Waals surface area contributed by atoms with Crippen molar-refractivity contribution in [3.63, 3.8) is 0 Å². The first-order valence-electron chi connectivity index (χ1n) is 7.66. The molecule has 0 radical (unpaired) electrons. The van der Waals surface area contributed by atoms with Crippen molar-refractivity contribution in [2.45, 2.75) is 45.6 Å². The van der Waals surface area contributed by atoms with Gasteiger partial charge in [0.25, 0.3) is 0 Å². The molecular formula is C17H27NO. The Hall–Kier alpha value is -0.860. The van der Waals surface area contributed by atoms with Crippen molar-refractivity contribution in [3.8, 4) is 0 Å². The van der Waals surface area contributed by atoms with Crippen LogP contribution < -0.4 is 0 Å². The first-order chi connectivity index (χ1) is 9.19. The van der Waals surface area contributed by atoms with Crippen LogP contribution in [-0.2, 0) is 0 Å². The van der Waals surface area contributed by atoms with Crippen LogP contribution in [0.2, 0.25) is 0 Å². The van der Waals surface area contributed by atoms with Gasteiger partial charge in [0, 0.05) is 13.1 Å². The van der Waals surface area contributed by atoms with Crippen LogP contribution in [-0.4, -0.2) is 29.6 Å². The summed E-state index contributed by atoms with van der Waals surface area (Å²) in [6.45, 7) is 7.81. The van der Waals surface area contributed by atoms with E-state index in [9.17, 15) is 5.11 Å². The van der Waals surface area contributed by atoms with Crippen LogP contribution in [0.25, 0.3) is 0 Å². The lowest BCUT2D eigenvalue weighted by atomic mass is 10.0. The van der Waals surface area contributed by atoms with Crippen LogP contribution in [0.3, 0.4) is 0 Å². The van der Waals surface area contributed by atoms with Crippen molar-refractivity contribution >= 4 is 0 Å². The summed E-state index contributed by atoms with van der Waals surface area (Å²) in [5.74, 6) is 0.890. The fourth-order valence-electron chi connectivity index (χ4n) is 3.11. The standard InChI is InChI=1S/C17H27NO/c1-3-5-15-8-10-18(13-15)11-9-17(19)16-7-4-6-14(2)12-16/h4,6-7,12,15,17,19H,3,5,8-11,13H2,1-2H3. The molecule has 2 heteroatoms. The number of aliphatic hydroxyl groups is 1. The Morgan fingerprint density at radius 3 is 3.00 bits per heavy atom. The molecule has 0 aliphatic carbocycles. The topological polar surface area (TPSA) is 23.5 Å². The van der Waals surface area contributed by atoms with E-state index in [1.54, 1.807) is 0 Å². The first kappa shape index (κ1) is 14.5. The summed E-state index contributed by atoms with van der Waals surface area (Å²) in [5, 5.41) is 10.2. The summed E-state index contributed by atoms with van der Waals surface area (Å²) >= 11 is 0. The van der Waals surface area contributed by atoms with Crippen LogP contribution in [0.5, 0.6) is 0 Å². The molecule has 106 valence electrons. The van der Waals surface area contributed by atoms with Gasteiger partial charge in [-0.05, 0) is 44.2 Å². The van der Waals surface area contributed by atoms with Crippen molar-refractivity contribution in [1.82, 2.24) is 4.90 Å². The Morgan fingerprint density at radius 2 is 2.26 bits per heavy atom. The number of hydrogen-bond donors (Lipinski definition) is 1. The second-order valence-electron chi connectivity index (χ2n) is 5.96. The lowest BCUT2D eigenvalue weighted by Gasteiger charge is -2.18. The van der Waals surface area contributed by atoms with Gasteiger partial charge in [-0.1, -0.05) is 43.2 Å². The van der Waals surface area contributed by atoms with Gasteiger partial charge in [-0.3, -0.25) is 0 Å². The van der Waals surface area contributed by atoms with Crippen molar-refractivity contribution in [2.24, 2.45) is 5.92 Å². The van der Waals surface area contributed by atoms with E-state index in [0.29, 0.717) is 0 Å². The molecule has 0 spiro atoms. The average Bonchev–Trinajstić information content (AvgIpc) is 2.84. The van der Waals surface area contributed by atoms with E-state index < -0.39 is 0 Å². The van der Waals surface area contributed by atoms with Gasteiger partial charge in [0.2, 0.25) is 0 Å². The molecule has 0 saturated carbocycles. The van der Waals surface area contributed by atoms with E-state index in [1.165, 1.54) is 37.9 Å². The highest BCUT2D eigenvalue weighted by Gasteiger charge is 2.22. The van der Waals surface area contributed by atoms with Crippen molar-refractivity contribution in [3.05, 3.63) is 35.4 Å². The van der Waals surface area contributed by atoms with Crippen LogP contribution in [0.15, 0.2) is 24.3 Å². The van der Waals surface area contributed by atoms with Gasteiger partial charge >= 0.3 is 0 Å². The minimum atomic E-state index is -0.315. The van der Waals surface area contributed by atoms with E-state index >= 15 is 0 Å². The van der Waals surface area contributed by atoms with Gasteiger partial charge < -0.3 is 10.0 Å². The van der Waals surface area contributed by atoms with Crippen LogP contribution in [0.4, 0.5) is 0 Å². The van der Waals surface area contributed by atoms with Gasteiger partial charge in [0.1, 0.15) is 0 Å². The summed E-state index contributed by atoms with van der Waals surface area (Å²) in [7, 11) is 0. The number of likely N-dealkylation sites (tertiary alicyclic amines) is 1. The van der Waals surface area contributed by atoms with E-state index in [4.69, 9.17) is 0 Å². The third-order valence-electron chi connectivity index (χ3n) is 4.21. The molecule has 2 rings (SSSR count). The minimum Gasteiger partial charge on any atom is -0.388 e. The maximum absolute atomic E-state index is 10.2. The van der Waals surface area contributed by atoms with Gasteiger partial charge in [0.05, 0.1) is 6.10 Å². The predicted molar refractivity (Wildman–Crippen MR) is 80.2 cm³/mol. The van der Waals surface area contributed by atoms with Crippen LogP contribution >= 0.6 is 0 Å². The number of nitrogens with zero attached hydrogens (tertiary/aromatic N) is 1. The second-order valence-corrected chi connectivity index (χ2v) is 5.96. The van der Waals surface area contributed by atoms with E-state index in [0.717, 1.165) is 24.4 Å². The van der Waals surface area contributed by atoms with Gasteiger partial charge in [-0.15, -0.1) is 0 Å². The molecule has 1 fully saturated rings. The number of benzene rings is 1. The molecule has 2 nitrogen and oxygen atoms in total. The summed E-state index contributed by atoms with van der Waals surface area (Å²) < 4.78 is 0. The van der Waals surface area contributed by atoms with Crippen LogP contribution in [0.1, 0.15) is 49.8 Å². The van der Waals surface area contributed by atoms with Crippen molar-refractivity contribution in [2.75, 3.05) is 19.6 Å². The molecular weight excluding hydrogens is 234 g/mol. The molecule has 0 amide bonds. The lowest BCUT2D eigenvalue weighted by molar-refractivity contribution is 0.147. The zero-order valence-electron chi connectivity index (χ0n) is 12.3. The summed E-state index contributed by atoms with van der Waals surface area (Å²) in [5.41, 5.74) is 2.28. The molecule has 2 unspecified atom stereocenters. The molecule has 0 aromatic heterocycles. The highest BCUT2D eigenvalue weighted by atomic mass is 16.3. The normalized spacial score (nSPS) is 21.7. The Labute approximate surface area is 117 Å². The molecule has 1 aromatic rings. The van der Waals surface area contributed by atoms with Gasteiger partial charge in [-0.2, -0.15) is 0 Å². The zero-order chi connectivity index (χ0) is 13.7. The van der Waals surface area contributed by atoms with E-state index in [2.05, 4.69) is 30.9 Å². The summed E-state index contributed by atoms with van der Waals surface area (Å²) in [6.07, 6.45) is 4.53. The minimum absolute atomic E-state index is 0.315. The molecule has 1 saturated heterocycles. The summed E-state index contributed by atoms with van der Waals surface area (Å²) in [4.78, 5) is 2.51. The van der Waals surface area contributed by atoms with E-state index in [-0.39, 0.29) is 6.10 Å². The maximum atomic E-state index is 10.2. The molecule has 1 N–H and O–H groups in total. The Morgan fingerprint density at radius 1 is 1.42 bits per heavy atom. The molecule has 1 aromatic carbocycles. The molecule has 1 aliphatic heterocycles. The Bertz CT molecular complexity index is 391. The second kappa shape index (κ2) is 7.06. The molecule has 0 bridgehead atoms. The Kier molecular flexibility index (Phi) is 5.41.